The molecule has 0 aromatic heterocycles. The van der Waals surface area contributed by atoms with Crippen molar-refractivity contribution in [3.63, 3.8) is 0 Å². The number of piperidine rings is 1. The van der Waals surface area contributed by atoms with Crippen LogP contribution in [-0.2, 0) is 11.2 Å². The molecule has 1 aromatic rings. The molecule has 2 fully saturated rings. The van der Waals surface area contributed by atoms with E-state index in [0.29, 0.717) is 24.6 Å². The molecule has 1 amide bonds. The van der Waals surface area contributed by atoms with Gasteiger partial charge in [0.1, 0.15) is 0 Å². The standard InChI is InChI=1S/C17H23NO2/c1-2-20-17(19)18-15-8-9-16(18)12-14(11-15)10-13-6-4-3-5-7-13/h3-7,14-16H,2,8-12H2,1H3/t14?,15-,16+. The minimum Gasteiger partial charge on any atom is -0.450 e. The van der Waals surface area contributed by atoms with Gasteiger partial charge in [0.2, 0.25) is 0 Å². The third-order valence-electron chi connectivity index (χ3n) is 4.68. The summed E-state index contributed by atoms with van der Waals surface area (Å²) in [5.41, 5.74) is 1.42. The highest BCUT2D eigenvalue weighted by Crippen LogP contribution is 2.40. The van der Waals surface area contributed by atoms with Crippen LogP contribution in [0.15, 0.2) is 30.3 Å². The highest BCUT2D eigenvalue weighted by atomic mass is 16.6. The maximum absolute atomic E-state index is 12.0. The zero-order chi connectivity index (χ0) is 13.9. The molecule has 2 aliphatic rings. The number of rotatable bonds is 3. The van der Waals surface area contributed by atoms with E-state index in [4.69, 9.17) is 4.74 Å². The molecular formula is C17H23NO2. The number of hydrogen-bond donors (Lipinski definition) is 0. The first-order valence-corrected chi connectivity index (χ1v) is 7.77. The summed E-state index contributed by atoms with van der Waals surface area (Å²) in [5.74, 6) is 0.709. The summed E-state index contributed by atoms with van der Waals surface area (Å²) in [6, 6.07) is 11.5. The molecule has 2 bridgehead atoms. The summed E-state index contributed by atoms with van der Waals surface area (Å²) in [6.07, 6.45) is 5.60. The van der Waals surface area contributed by atoms with Gasteiger partial charge in [0.25, 0.3) is 0 Å². The molecule has 0 N–H and O–H groups in total. The number of hydrogen-bond acceptors (Lipinski definition) is 2. The largest absolute Gasteiger partial charge is 0.450 e. The minimum atomic E-state index is -0.0989. The van der Waals surface area contributed by atoms with Crippen LogP contribution in [0.5, 0.6) is 0 Å². The van der Waals surface area contributed by atoms with Gasteiger partial charge >= 0.3 is 6.09 Å². The molecule has 3 nitrogen and oxygen atoms in total. The van der Waals surface area contributed by atoms with E-state index in [-0.39, 0.29) is 6.09 Å². The van der Waals surface area contributed by atoms with Crippen LogP contribution >= 0.6 is 0 Å². The lowest BCUT2D eigenvalue weighted by molar-refractivity contribution is 0.0605. The second-order valence-electron chi connectivity index (χ2n) is 6.02. The van der Waals surface area contributed by atoms with Crippen LogP contribution in [0.4, 0.5) is 4.79 Å². The van der Waals surface area contributed by atoms with E-state index in [1.165, 1.54) is 5.56 Å². The molecule has 2 saturated heterocycles. The number of fused-ring (bicyclic) bond motifs is 2. The summed E-state index contributed by atoms with van der Waals surface area (Å²) >= 11 is 0. The van der Waals surface area contributed by atoms with Gasteiger partial charge in [-0.05, 0) is 50.5 Å². The Morgan fingerprint density at radius 2 is 1.85 bits per heavy atom. The van der Waals surface area contributed by atoms with Crippen molar-refractivity contribution in [2.75, 3.05) is 6.61 Å². The normalized spacial score (nSPS) is 28.4. The topological polar surface area (TPSA) is 29.5 Å². The molecule has 2 heterocycles. The van der Waals surface area contributed by atoms with Crippen molar-refractivity contribution in [3.8, 4) is 0 Å². The van der Waals surface area contributed by atoms with Crippen LogP contribution in [0.1, 0.15) is 38.2 Å². The van der Waals surface area contributed by atoms with Crippen LogP contribution in [-0.4, -0.2) is 29.7 Å². The lowest BCUT2D eigenvalue weighted by Gasteiger charge is -2.38. The maximum Gasteiger partial charge on any atom is 0.410 e. The molecule has 0 spiro atoms. The van der Waals surface area contributed by atoms with Gasteiger partial charge in [-0.1, -0.05) is 30.3 Å². The summed E-state index contributed by atoms with van der Waals surface area (Å²) in [5, 5.41) is 0. The summed E-state index contributed by atoms with van der Waals surface area (Å²) in [6.45, 7) is 2.35. The van der Waals surface area contributed by atoms with E-state index >= 15 is 0 Å². The van der Waals surface area contributed by atoms with E-state index < -0.39 is 0 Å². The number of carbonyl (C=O) groups excluding carboxylic acids is 1. The average molecular weight is 273 g/mol. The van der Waals surface area contributed by atoms with Crippen molar-refractivity contribution in [2.45, 2.75) is 51.1 Å². The lowest BCUT2D eigenvalue weighted by Crippen LogP contribution is -2.47. The van der Waals surface area contributed by atoms with E-state index in [1.807, 2.05) is 11.8 Å². The molecule has 0 aliphatic carbocycles. The fourth-order valence-electron chi connectivity index (χ4n) is 3.90. The molecular weight excluding hydrogens is 250 g/mol. The number of benzene rings is 1. The van der Waals surface area contributed by atoms with Gasteiger partial charge in [-0.25, -0.2) is 4.79 Å². The van der Waals surface area contributed by atoms with Crippen LogP contribution in [0.3, 0.4) is 0 Å². The minimum absolute atomic E-state index is 0.0989. The van der Waals surface area contributed by atoms with Crippen molar-refractivity contribution < 1.29 is 9.53 Å². The smallest absolute Gasteiger partial charge is 0.410 e. The van der Waals surface area contributed by atoms with Gasteiger partial charge in [0.15, 0.2) is 0 Å². The maximum atomic E-state index is 12.0. The zero-order valence-corrected chi connectivity index (χ0v) is 12.1. The molecule has 3 atom stereocenters. The molecule has 1 unspecified atom stereocenters. The first kappa shape index (κ1) is 13.5. The Morgan fingerprint density at radius 3 is 2.45 bits per heavy atom. The van der Waals surface area contributed by atoms with E-state index in [9.17, 15) is 4.79 Å². The van der Waals surface area contributed by atoms with Gasteiger partial charge in [0.05, 0.1) is 6.61 Å². The van der Waals surface area contributed by atoms with Gasteiger partial charge < -0.3 is 9.64 Å². The third-order valence-corrected chi connectivity index (χ3v) is 4.68. The molecule has 0 saturated carbocycles. The van der Waals surface area contributed by atoms with Crippen LogP contribution in [0.25, 0.3) is 0 Å². The number of ether oxygens (including phenoxy) is 1. The molecule has 1 aromatic carbocycles. The van der Waals surface area contributed by atoms with E-state index in [0.717, 1.165) is 32.1 Å². The van der Waals surface area contributed by atoms with Crippen molar-refractivity contribution in [3.05, 3.63) is 35.9 Å². The number of carbonyl (C=O) groups is 1. The molecule has 3 heteroatoms. The highest BCUT2D eigenvalue weighted by Gasteiger charge is 2.43. The SMILES string of the molecule is CCOC(=O)N1[C@@H]2CC[C@H]1CC(Cc1ccccc1)C2. The predicted molar refractivity (Wildman–Crippen MR) is 78.5 cm³/mol. The Morgan fingerprint density at radius 1 is 1.20 bits per heavy atom. The lowest BCUT2D eigenvalue weighted by atomic mass is 9.86. The quantitative estimate of drug-likeness (QED) is 0.841. The Hall–Kier alpha value is -1.51. The Balaban J connectivity index is 1.63. The molecule has 108 valence electrons. The summed E-state index contributed by atoms with van der Waals surface area (Å²) < 4.78 is 5.20. The average Bonchev–Trinajstić information content (AvgIpc) is 2.72. The summed E-state index contributed by atoms with van der Waals surface area (Å²) in [7, 11) is 0. The Kier molecular flexibility index (Phi) is 3.95. The number of nitrogens with zero attached hydrogens (tertiary/aromatic N) is 1. The van der Waals surface area contributed by atoms with Gasteiger partial charge in [-0.15, -0.1) is 0 Å². The fourth-order valence-corrected chi connectivity index (χ4v) is 3.90. The van der Waals surface area contributed by atoms with Crippen LogP contribution < -0.4 is 0 Å². The molecule has 0 radical (unpaired) electrons. The Labute approximate surface area is 120 Å². The predicted octanol–water partition coefficient (Wildman–Crippen LogP) is 3.63. The first-order valence-electron chi connectivity index (χ1n) is 7.77. The van der Waals surface area contributed by atoms with Crippen molar-refractivity contribution in [1.82, 2.24) is 4.90 Å². The van der Waals surface area contributed by atoms with Crippen LogP contribution in [0, 0.1) is 5.92 Å². The van der Waals surface area contributed by atoms with E-state index in [2.05, 4.69) is 30.3 Å². The fraction of sp³-hybridized carbons (Fsp3) is 0.588. The monoisotopic (exact) mass is 273 g/mol. The second kappa shape index (κ2) is 5.86. The molecule has 20 heavy (non-hydrogen) atoms. The summed E-state index contributed by atoms with van der Waals surface area (Å²) in [4.78, 5) is 14.0. The van der Waals surface area contributed by atoms with E-state index in [1.54, 1.807) is 0 Å². The van der Waals surface area contributed by atoms with Crippen LogP contribution in [0.2, 0.25) is 0 Å². The van der Waals surface area contributed by atoms with Crippen molar-refractivity contribution >= 4 is 6.09 Å². The Bertz CT molecular complexity index is 445. The molecule has 3 rings (SSSR count). The number of amides is 1. The third kappa shape index (κ3) is 2.67. The van der Waals surface area contributed by atoms with Gasteiger partial charge in [0, 0.05) is 12.1 Å². The molecule has 2 aliphatic heterocycles. The van der Waals surface area contributed by atoms with Crippen molar-refractivity contribution in [2.24, 2.45) is 5.92 Å². The van der Waals surface area contributed by atoms with Gasteiger partial charge in [-0.2, -0.15) is 0 Å². The first-order chi connectivity index (χ1) is 9.78. The second-order valence-corrected chi connectivity index (χ2v) is 6.02. The highest BCUT2D eigenvalue weighted by molar-refractivity contribution is 5.69. The van der Waals surface area contributed by atoms with Gasteiger partial charge in [-0.3, -0.25) is 0 Å². The zero-order valence-electron chi connectivity index (χ0n) is 12.1. The van der Waals surface area contributed by atoms with Crippen molar-refractivity contribution in [1.29, 1.82) is 0 Å².